The van der Waals surface area contributed by atoms with Crippen LogP contribution in [0.1, 0.15) is 35.8 Å². The maximum absolute atomic E-state index is 5.56. The van der Waals surface area contributed by atoms with Crippen molar-refractivity contribution < 1.29 is 4.52 Å². The van der Waals surface area contributed by atoms with E-state index in [0.717, 1.165) is 38.0 Å². The van der Waals surface area contributed by atoms with Crippen molar-refractivity contribution in [1.29, 1.82) is 0 Å². The first kappa shape index (κ1) is 16.5. The van der Waals surface area contributed by atoms with Gasteiger partial charge in [-0.1, -0.05) is 41.4 Å². The van der Waals surface area contributed by atoms with Crippen LogP contribution in [0.25, 0.3) is 11.4 Å². The molecule has 2 aromatic heterocycles. The van der Waals surface area contributed by atoms with E-state index in [0.29, 0.717) is 17.3 Å². The molecule has 0 N–H and O–H groups in total. The highest BCUT2D eigenvalue weighted by molar-refractivity contribution is 5.55. The van der Waals surface area contributed by atoms with Gasteiger partial charge in [0.05, 0.1) is 5.92 Å². The number of nitrogens with zero attached hydrogens (tertiary/aromatic N) is 4. The van der Waals surface area contributed by atoms with Crippen molar-refractivity contribution in [2.24, 2.45) is 0 Å². The Morgan fingerprint density at radius 1 is 1.23 bits per heavy atom. The maximum Gasteiger partial charge on any atom is 0.231 e. The minimum atomic E-state index is 0.262. The molecule has 26 heavy (non-hydrogen) atoms. The highest BCUT2D eigenvalue weighted by Gasteiger charge is 2.26. The van der Waals surface area contributed by atoms with E-state index in [2.05, 4.69) is 50.2 Å². The smallest absolute Gasteiger partial charge is 0.231 e. The van der Waals surface area contributed by atoms with E-state index in [1.54, 1.807) is 12.4 Å². The van der Waals surface area contributed by atoms with Gasteiger partial charge in [-0.2, -0.15) is 4.98 Å². The van der Waals surface area contributed by atoms with Gasteiger partial charge in [-0.05, 0) is 31.0 Å². The molecular weight excluding hydrogens is 324 g/mol. The molecule has 0 spiro atoms. The highest BCUT2D eigenvalue weighted by atomic mass is 16.5. The Kier molecular flexibility index (Phi) is 4.76. The van der Waals surface area contributed by atoms with Gasteiger partial charge in [-0.25, -0.2) is 0 Å². The van der Waals surface area contributed by atoms with E-state index in [1.165, 1.54) is 5.56 Å². The lowest BCUT2D eigenvalue weighted by atomic mass is 9.97. The second kappa shape index (κ2) is 7.51. The summed E-state index contributed by atoms with van der Waals surface area (Å²) in [7, 11) is 0. The number of piperidine rings is 1. The van der Waals surface area contributed by atoms with E-state index >= 15 is 0 Å². The van der Waals surface area contributed by atoms with Crippen molar-refractivity contribution in [2.45, 2.75) is 25.3 Å². The molecule has 1 fully saturated rings. The first-order valence-electron chi connectivity index (χ1n) is 8.84. The summed E-state index contributed by atoms with van der Waals surface area (Å²) in [5.74, 6) is 4.09. The molecule has 1 aliphatic heterocycles. The van der Waals surface area contributed by atoms with E-state index in [9.17, 15) is 0 Å². The fourth-order valence-corrected chi connectivity index (χ4v) is 3.40. The van der Waals surface area contributed by atoms with Crippen LogP contribution >= 0.6 is 0 Å². The standard InChI is InChI=1S/C21H20N4O/c1-2-16-11-19(13-22-12-16)20-23-21(26-24-20)18-9-6-10-25(15-18)14-17-7-4-3-5-8-17/h1,3-5,7-8,11-13,18H,6,9-10,14-15H2. The Bertz CT molecular complexity index is 913. The predicted octanol–water partition coefficient (Wildman–Crippen LogP) is 3.49. The molecule has 1 saturated heterocycles. The van der Waals surface area contributed by atoms with Crippen LogP contribution in [-0.4, -0.2) is 33.1 Å². The van der Waals surface area contributed by atoms with Crippen LogP contribution in [0.5, 0.6) is 0 Å². The molecule has 0 radical (unpaired) electrons. The van der Waals surface area contributed by atoms with Crippen LogP contribution in [0.15, 0.2) is 53.3 Å². The van der Waals surface area contributed by atoms with Crippen molar-refractivity contribution in [1.82, 2.24) is 20.0 Å². The number of hydrogen-bond donors (Lipinski definition) is 0. The third kappa shape index (κ3) is 3.66. The van der Waals surface area contributed by atoms with Crippen molar-refractivity contribution >= 4 is 0 Å². The van der Waals surface area contributed by atoms with E-state index < -0.39 is 0 Å². The number of aromatic nitrogens is 3. The lowest BCUT2D eigenvalue weighted by molar-refractivity contribution is 0.180. The normalized spacial score (nSPS) is 17.7. The highest BCUT2D eigenvalue weighted by Crippen LogP contribution is 2.28. The third-order valence-electron chi connectivity index (χ3n) is 4.71. The van der Waals surface area contributed by atoms with Gasteiger partial charge >= 0.3 is 0 Å². The second-order valence-corrected chi connectivity index (χ2v) is 6.62. The van der Waals surface area contributed by atoms with Crippen LogP contribution in [0.2, 0.25) is 0 Å². The molecular formula is C21H20N4O. The quantitative estimate of drug-likeness (QED) is 0.678. The zero-order valence-electron chi connectivity index (χ0n) is 14.5. The first-order valence-corrected chi connectivity index (χ1v) is 8.84. The maximum atomic E-state index is 5.56. The van der Waals surface area contributed by atoms with E-state index in [-0.39, 0.29) is 5.92 Å². The molecule has 0 amide bonds. The van der Waals surface area contributed by atoms with Gasteiger partial charge in [0.2, 0.25) is 11.7 Å². The van der Waals surface area contributed by atoms with Gasteiger partial charge in [-0.3, -0.25) is 9.88 Å². The summed E-state index contributed by atoms with van der Waals surface area (Å²) in [5, 5.41) is 4.13. The molecule has 0 saturated carbocycles. The average Bonchev–Trinajstić information content (AvgIpc) is 3.19. The third-order valence-corrected chi connectivity index (χ3v) is 4.71. The first-order chi connectivity index (χ1) is 12.8. The second-order valence-electron chi connectivity index (χ2n) is 6.62. The molecule has 4 rings (SSSR count). The van der Waals surface area contributed by atoms with Gasteiger partial charge in [0.1, 0.15) is 0 Å². The van der Waals surface area contributed by atoms with Gasteiger partial charge in [0.15, 0.2) is 0 Å². The van der Waals surface area contributed by atoms with Crippen LogP contribution in [0, 0.1) is 12.3 Å². The monoisotopic (exact) mass is 344 g/mol. The van der Waals surface area contributed by atoms with Crippen molar-refractivity contribution in [3.05, 3.63) is 65.8 Å². The summed E-state index contributed by atoms with van der Waals surface area (Å²) >= 11 is 0. The number of benzene rings is 1. The van der Waals surface area contributed by atoms with Gasteiger partial charge in [0.25, 0.3) is 0 Å². The van der Waals surface area contributed by atoms with Crippen LogP contribution in [-0.2, 0) is 6.54 Å². The van der Waals surface area contributed by atoms with Gasteiger partial charge in [-0.15, -0.1) is 6.42 Å². The summed E-state index contributed by atoms with van der Waals surface area (Å²) in [6, 6.07) is 12.4. The summed E-state index contributed by atoms with van der Waals surface area (Å²) in [6.07, 6.45) is 11.0. The zero-order valence-corrected chi connectivity index (χ0v) is 14.5. The molecule has 130 valence electrons. The fraction of sp³-hybridized carbons (Fsp3) is 0.286. The molecule has 1 atom stereocenters. The molecule has 1 aliphatic rings. The molecule has 5 heteroatoms. The number of pyridine rings is 1. The molecule has 1 unspecified atom stereocenters. The Morgan fingerprint density at radius 2 is 2.12 bits per heavy atom. The van der Waals surface area contributed by atoms with Gasteiger partial charge < -0.3 is 4.52 Å². The Labute approximate surface area is 153 Å². The van der Waals surface area contributed by atoms with Crippen LogP contribution in [0.3, 0.4) is 0 Å². The van der Waals surface area contributed by atoms with Crippen LogP contribution in [0.4, 0.5) is 0 Å². The van der Waals surface area contributed by atoms with Crippen molar-refractivity contribution in [3.8, 4) is 23.7 Å². The Hall–Kier alpha value is -2.97. The topological polar surface area (TPSA) is 55.1 Å². The lowest BCUT2D eigenvalue weighted by Gasteiger charge is -2.30. The van der Waals surface area contributed by atoms with E-state index in [1.807, 2.05) is 12.1 Å². The van der Waals surface area contributed by atoms with Crippen molar-refractivity contribution in [3.63, 3.8) is 0 Å². The molecule has 0 bridgehead atoms. The molecule has 5 nitrogen and oxygen atoms in total. The summed E-state index contributed by atoms with van der Waals surface area (Å²) in [4.78, 5) is 11.2. The molecule has 0 aliphatic carbocycles. The van der Waals surface area contributed by atoms with Gasteiger partial charge in [0, 0.05) is 36.6 Å². The Morgan fingerprint density at radius 3 is 2.96 bits per heavy atom. The summed E-state index contributed by atoms with van der Waals surface area (Å²) in [5.41, 5.74) is 2.82. The minimum Gasteiger partial charge on any atom is -0.339 e. The minimum absolute atomic E-state index is 0.262. The fourth-order valence-electron chi connectivity index (χ4n) is 3.40. The summed E-state index contributed by atoms with van der Waals surface area (Å²) in [6.45, 7) is 2.98. The number of terminal acetylenes is 1. The Balaban J connectivity index is 1.47. The predicted molar refractivity (Wildman–Crippen MR) is 99.2 cm³/mol. The lowest BCUT2D eigenvalue weighted by Crippen LogP contribution is -2.34. The number of hydrogen-bond acceptors (Lipinski definition) is 5. The zero-order chi connectivity index (χ0) is 17.8. The van der Waals surface area contributed by atoms with Crippen molar-refractivity contribution in [2.75, 3.05) is 13.1 Å². The largest absolute Gasteiger partial charge is 0.339 e. The average molecular weight is 344 g/mol. The summed E-state index contributed by atoms with van der Waals surface area (Å²) < 4.78 is 5.56. The molecule has 3 heterocycles. The molecule has 3 aromatic rings. The van der Waals surface area contributed by atoms with E-state index in [4.69, 9.17) is 10.9 Å². The number of likely N-dealkylation sites (tertiary alicyclic amines) is 1. The molecule has 1 aromatic carbocycles. The number of rotatable bonds is 4. The van der Waals surface area contributed by atoms with Crippen LogP contribution < -0.4 is 0 Å². The SMILES string of the molecule is C#Cc1cncc(-c2noc(C3CCCN(Cc4ccccc4)C3)n2)c1.